The van der Waals surface area contributed by atoms with Gasteiger partial charge in [-0.25, -0.2) is 0 Å². The third kappa shape index (κ3) is 3.89. The summed E-state index contributed by atoms with van der Waals surface area (Å²) in [5, 5.41) is 3.15. The summed E-state index contributed by atoms with van der Waals surface area (Å²) in [6.45, 7) is 2.96. The molecule has 1 saturated heterocycles. The molecule has 1 fully saturated rings. The summed E-state index contributed by atoms with van der Waals surface area (Å²) in [5.74, 6) is 0.218. The second-order valence-electron chi connectivity index (χ2n) is 4.53. The minimum atomic E-state index is 0.218. The molecule has 0 spiro atoms. The van der Waals surface area contributed by atoms with Crippen molar-refractivity contribution in [3.63, 3.8) is 0 Å². The molecule has 1 N–H and O–H groups in total. The van der Waals surface area contributed by atoms with E-state index in [4.69, 9.17) is 4.42 Å². The first-order chi connectivity index (χ1) is 8.36. The van der Waals surface area contributed by atoms with Gasteiger partial charge in [-0.15, -0.1) is 0 Å². The lowest BCUT2D eigenvalue weighted by Crippen LogP contribution is -2.38. The zero-order chi connectivity index (χ0) is 11.9. The van der Waals surface area contributed by atoms with Gasteiger partial charge in [-0.05, 0) is 18.9 Å². The van der Waals surface area contributed by atoms with Crippen LogP contribution in [-0.2, 0) is 11.3 Å². The number of carbonyl (C=O) groups is 1. The average molecular weight is 236 g/mol. The number of rotatable bonds is 4. The van der Waals surface area contributed by atoms with Crippen LogP contribution in [0.3, 0.4) is 0 Å². The van der Waals surface area contributed by atoms with Crippen molar-refractivity contribution in [3.05, 3.63) is 24.2 Å². The van der Waals surface area contributed by atoms with Crippen LogP contribution in [0.4, 0.5) is 0 Å². The van der Waals surface area contributed by atoms with Crippen molar-refractivity contribution in [2.24, 2.45) is 0 Å². The van der Waals surface area contributed by atoms with E-state index in [1.165, 1.54) is 12.8 Å². The number of nitrogens with zero attached hydrogens (tertiary/aromatic N) is 1. The van der Waals surface area contributed by atoms with Crippen LogP contribution in [0.5, 0.6) is 0 Å². The molecule has 94 valence electrons. The summed E-state index contributed by atoms with van der Waals surface area (Å²) in [6, 6.07) is 1.91. The van der Waals surface area contributed by atoms with Crippen LogP contribution >= 0.6 is 0 Å². The average Bonchev–Trinajstić information content (AvgIpc) is 2.69. The van der Waals surface area contributed by atoms with E-state index in [2.05, 4.69) is 5.32 Å². The zero-order valence-corrected chi connectivity index (χ0v) is 10.2. The fourth-order valence-corrected chi connectivity index (χ4v) is 2.14. The van der Waals surface area contributed by atoms with Crippen molar-refractivity contribution in [1.29, 1.82) is 0 Å². The molecule has 17 heavy (non-hydrogen) atoms. The monoisotopic (exact) mass is 236 g/mol. The molecule has 0 saturated carbocycles. The normalized spacial score (nSPS) is 16.8. The molecule has 2 rings (SSSR count). The van der Waals surface area contributed by atoms with E-state index in [0.29, 0.717) is 13.1 Å². The van der Waals surface area contributed by atoms with E-state index < -0.39 is 0 Å². The number of nitrogens with one attached hydrogen (secondary N) is 1. The van der Waals surface area contributed by atoms with Gasteiger partial charge in [-0.2, -0.15) is 0 Å². The van der Waals surface area contributed by atoms with E-state index >= 15 is 0 Å². The van der Waals surface area contributed by atoms with Gasteiger partial charge in [-0.3, -0.25) is 4.79 Å². The Bertz CT molecular complexity index is 327. The largest absolute Gasteiger partial charge is 0.472 e. The maximum atomic E-state index is 11.9. The van der Waals surface area contributed by atoms with Crippen LogP contribution < -0.4 is 5.32 Å². The van der Waals surface area contributed by atoms with Gasteiger partial charge in [0.05, 0.1) is 19.1 Å². The molecule has 1 amide bonds. The lowest BCUT2D eigenvalue weighted by molar-refractivity contribution is -0.130. The molecule has 0 aliphatic carbocycles. The van der Waals surface area contributed by atoms with Crippen molar-refractivity contribution in [2.45, 2.75) is 32.2 Å². The number of furan rings is 1. The smallest absolute Gasteiger partial charge is 0.236 e. The minimum Gasteiger partial charge on any atom is -0.472 e. The number of amides is 1. The third-order valence-electron chi connectivity index (χ3n) is 3.14. The molecule has 2 heterocycles. The summed E-state index contributed by atoms with van der Waals surface area (Å²) in [6.07, 6.45) is 8.15. The van der Waals surface area contributed by atoms with Crippen LogP contribution in [0, 0.1) is 0 Å². The predicted octanol–water partition coefficient (Wildman–Crippen LogP) is 1.77. The Balaban J connectivity index is 1.69. The summed E-state index contributed by atoms with van der Waals surface area (Å²) in [4.78, 5) is 13.9. The maximum Gasteiger partial charge on any atom is 0.236 e. The van der Waals surface area contributed by atoms with E-state index in [0.717, 1.165) is 31.5 Å². The van der Waals surface area contributed by atoms with Gasteiger partial charge in [0.15, 0.2) is 0 Å². The standard InChI is InChI=1S/C13H20N2O2/c16-13(15-6-3-1-2-4-7-15)10-14-9-12-5-8-17-11-12/h5,8,11,14H,1-4,6-7,9-10H2. The lowest BCUT2D eigenvalue weighted by Gasteiger charge is -2.20. The topological polar surface area (TPSA) is 45.5 Å². The Hall–Kier alpha value is -1.29. The number of likely N-dealkylation sites (tertiary alicyclic amines) is 1. The first-order valence-corrected chi connectivity index (χ1v) is 6.36. The molecule has 4 heteroatoms. The molecule has 0 aromatic carbocycles. The minimum absolute atomic E-state index is 0.218. The van der Waals surface area contributed by atoms with E-state index in [-0.39, 0.29) is 5.91 Å². The highest BCUT2D eigenvalue weighted by Gasteiger charge is 2.14. The highest BCUT2D eigenvalue weighted by Crippen LogP contribution is 2.09. The SMILES string of the molecule is O=C(CNCc1ccoc1)N1CCCCCC1. The van der Waals surface area contributed by atoms with Crippen LogP contribution in [-0.4, -0.2) is 30.4 Å². The number of hydrogen-bond acceptors (Lipinski definition) is 3. The number of carbonyl (C=O) groups excluding carboxylic acids is 1. The highest BCUT2D eigenvalue weighted by atomic mass is 16.3. The van der Waals surface area contributed by atoms with Crippen molar-refractivity contribution in [1.82, 2.24) is 10.2 Å². The molecule has 0 unspecified atom stereocenters. The summed E-state index contributed by atoms with van der Waals surface area (Å²) >= 11 is 0. The number of hydrogen-bond donors (Lipinski definition) is 1. The van der Waals surface area contributed by atoms with Gasteiger partial charge in [0.2, 0.25) is 5.91 Å². The second kappa shape index (κ2) is 6.45. The molecule has 1 aliphatic heterocycles. The van der Waals surface area contributed by atoms with Gasteiger partial charge in [0, 0.05) is 25.2 Å². The molecule has 1 aliphatic rings. The lowest BCUT2D eigenvalue weighted by atomic mass is 10.2. The van der Waals surface area contributed by atoms with Gasteiger partial charge in [-0.1, -0.05) is 12.8 Å². The molecule has 0 radical (unpaired) electrons. The first-order valence-electron chi connectivity index (χ1n) is 6.36. The zero-order valence-electron chi connectivity index (χ0n) is 10.2. The van der Waals surface area contributed by atoms with Crippen LogP contribution in [0.1, 0.15) is 31.2 Å². The third-order valence-corrected chi connectivity index (χ3v) is 3.14. The van der Waals surface area contributed by atoms with Gasteiger partial charge in [0.1, 0.15) is 0 Å². The Kier molecular flexibility index (Phi) is 4.62. The summed E-state index contributed by atoms with van der Waals surface area (Å²) < 4.78 is 4.97. The van der Waals surface area contributed by atoms with Crippen molar-refractivity contribution >= 4 is 5.91 Å². The van der Waals surface area contributed by atoms with Crippen LogP contribution in [0.2, 0.25) is 0 Å². The van der Waals surface area contributed by atoms with Gasteiger partial charge >= 0.3 is 0 Å². The molecule has 4 nitrogen and oxygen atoms in total. The van der Waals surface area contributed by atoms with Crippen molar-refractivity contribution in [2.75, 3.05) is 19.6 Å². The highest BCUT2D eigenvalue weighted by molar-refractivity contribution is 5.78. The second-order valence-corrected chi connectivity index (χ2v) is 4.53. The Labute approximate surface area is 102 Å². The summed E-state index contributed by atoms with van der Waals surface area (Å²) in [7, 11) is 0. The molecule has 0 atom stereocenters. The predicted molar refractivity (Wildman–Crippen MR) is 65.5 cm³/mol. The molecule has 0 bridgehead atoms. The Morgan fingerprint density at radius 1 is 1.29 bits per heavy atom. The van der Waals surface area contributed by atoms with Gasteiger partial charge < -0.3 is 14.6 Å². The van der Waals surface area contributed by atoms with E-state index in [1.54, 1.807) is 12.5 Å². The van der Waals surface area contributed by atoms with Crippen LogP contribution in [0.15, 0.2) is 23.0 Å². The molecular weight excluding hydrogens is 216 g/mol. The Morgan fingerprint density at radius 2 is 2.06 bits per heavy atom. The molecule has 1 aromatic heterocycles. The Morgan fingerprint density at radius 3 is 2.71 bits per heavy atom. The van der Waals surface area contributed by atoms with Gasteiger partial charge in [0.25, 0.3) is 0 Å². The van der Waals surface area contributed by atoms with Crippen molar-refractivity contribution in [3.8, 4) is 0 Å². The quantitative estimate of drug-likeness (QED) is 0.866. The fourth-order valence-electron chi connectivity index (χ4n) is 2.14. The van der Waals surface area contributed by atoms with Crippen LogP contribution in [0.25, 0.3) is 0 Å². The van der Waals surface area contributed by atoms with E-state index in [1.807, 2.05) is 11.0 Å². The van der Waals surface area contributed by atoms with E-state index in [9.17, 15) is 4.79 Å². The maximum absolute atomic E-state index is 11.9. The molecular formula is C13H20N2O2. The summed E-state index contributed by atoms with van der Waals surface area (Å²) in [5.41, 5.74) is 1.08. The first kappa shape index (κ1) is 12.2. The fraction of sp³-hybridized carbons (Fsp3) is 0.615. The molecule has 1 aromatic rings. The van der Waals surface area contributed by atoms with Crippen molar-refractivity contribution < 1.29 is 9.21 Å².